The number of ether oxygens (including phenoxy) is 1. The predicted octanol–water partition coefficient (Wildman–Crippen LogP) is 4.66. The van der Waals surface area contributed by atoms with Gasteiger partial charge in [-0.05, 0) is 61.2 Å². The minimum absolute atomic E-state index is 0.534. The molecule has 0 bridgehead atoms. The van der Waals surface area contributed by atoms with Crippen molar-refractivity contribution in [2.24, 2.45) is 0 Å². The van der Waals surface area contributed by atoms with Gasteiger partial charge in [0.05, 0.1) is 13.2 Å². The maximum Gasteiger partial charge on any atom is 0.122 e. The summed E-state index contributed by atoms with van der Waals surface area (Å²) in [6, 6.07) is 10.1. The summed E-state index contributed by atoms with van der Waals surface area (Å²) in [5.41, 5.74) is 5.50. The van der Waals surface area contributed by atoms with Gasteiger partial charge in [0.1, 0.15) is 5.75 Å². The zero-order valence-electron chi connectivity index (χ0n) is 12.9. The van der Waals surface area contributed by atoms with Gasteiger partial charge in [0, 0.05) is 10.9 Å². The van der Waals surface area contributed by atoms with Crippen LogP contribution in [0.15, 0.2) is 34.8 Å². The minimum Gasteiger partial charge on any atom is -0.496 e. The molecule has 2 nitrogen and oxygen atoms in total. The number of aliphatic hydroxyl groups excluding tert-OH is 1. The van der Waals surface area contributed by atoms with Gasteiger partial charge in [-0.1, -0.05) is 33.6 Å². The van der Waals surface area contributed by atoms with E-state index >= 15 is 0 Å². The molecule has 2 rings (SSSR count). The first kappa shape index (κ1) is 16.1. The SMILES string of the molecule is COc1ccc(Br)cc1CC(O)c1c(C)cc(C)cc1C. The summed E-state index contributed by atoms with van der Waals surface area (Å²) in [6.45, 7) is 6.18. The Kier molecular flexibility index (Phi) is 5.07. The van der Waals surface area contributed by atoms with Crippen molar-refractivity contribution in [3.63, 3.8) is 0 Å². The lowest BCUT2D eigenvalue weighted by atomic mass is 9.92. The molecule has 1 N–H and O–H groups in total. The first-order valence-electron chi connectivity index (χ1n) is 7.00. The molecule has 3 heteroatoms. The molecule has 2 aromatic rings. The first-order chi connectivity index (χ1) is 9.92. The maximum absolute atomic E-state index is 10.7. The number of aryl methyl sites for hydroxylation is 3. The molecular formula is C18H21BrO2. The van der Waals surface area contributed by atoms with Gasteiger partial charge >= 0.3 is 0 Å². The summed E-state index contributed by atoms with van der Waals surface area (Å²) >= 11 is 3.47. The van der Waals surface area contributed by atoms with Gasteiger partial charge in [-0.2, -0.15) is 0 Å². The third-order valence-corrected chi connectivity index (χ3v) is 4.22. The number of halogens is 1. The molecule has 0 aliphatic heterocycles. The average molecular weight is 349 g/mol. The Balaban J connectivity index is 2.34. The second kappa shape index (κ2) is 6.63. The van der Waals surface area contributed by atoms with E-state index in [1.165, 1.54) is 5.56 Å². The third kappa shape index (κ3) is 3.66. The largest absolute Gasteiger partial charge is 0.496 e. The number of aliphatic hydroxyl groups is 1. The van der Waals surface area contributed by atoms with Crippen LogP contribution in [0, 0.1) is 20.8 Å². The van der Waals surface area contributed by atoms with Crippen molar-refractivity contribution in [1.29, 1.82) is 0 Å². The third-order valence-electron chi connectivity index (χ3n) is 3.73. The van der Waals surface area contributed by atoms with Crippen LogP contribution in [0.1, 0.15) is 33.9 Å². The Morgan fingerprint density at radius 3 is 2.29 bits per heavy atom. The summed E-state index contributed by atoms with van der Waals surface area (Å²) in [5.74, 6) is 0.805. The second-order valence-corrected chi connectivity index (χ2v) is 6.40. The van der Waals surface area contributed by atoms with E-state index in [1.807, 2.05) is 18.2 Å². The molecule has 1 atom stereocenters. The van der Waals surface area contributed by atoms with E-state index in [2.05, 4.69) is 48.8 Å². The van der Waals surface area contributed by atoms with E-state index in [-0.39, 0.29) is 0 Å². The lowest BCUT2D eigenvalue weighted by Gasteiger charge is -2.19. The Labute approximate surface area is 134 Å². The van der Waals surface area contributed by atoms with Gasteiger partial charge in [-0.25, -0.2) is 0 Å². The molecule has 0 radical (unpaired) electrons. The molecule has 0 aromatic heterocycles. The Hall–Kier alpha value is -1.32. The second-order valence-electron chi connectivity index (χ2n) is 5.49. The smallest absolute Gasteiger partial charge is 0.122 e. The molecule has 2 aromatic carbocycles. The predicted molar refractivity (Wildman–Crippen MR) is 90.0 cm³/mol. The standard InChI is InChI=1S/C18H21BrO2/c1-11-7-12(2)18(13(3)8-11)16(20)10-14-9-15(19)5-6-17(14)21-4/h5-9,16,20H,10H2,1-4H3. The van der Waals surface area contributed by atoms with E-state index in [4.69, 9.17) is 4.74 Å². The summed E-state index contributed by atoms with van der Waals surface area (Å²) < 4.78 is 6.37. The minimum atomic E-state index is -0.534. The van der Waals surface area contributed by atoms with E-state index in [1.54, 1.807) is 7.11 Å². The van der Waals surface area contributed by atoms with Gasteiger partial charge in [0.2, 0.25) is 0 Å². The van der Waals surface area contributed by atoms with Crippen LogP contribution in [0.5, 0.6) is 5.75 Å². The van der Waals surface area contributed by atoms with Crippen LogP contribution in [0.25, 0.3) is 0 Å². The van der Waals surface area contributed by atoms with Gasteiger partial charge < -0.3 is 9.84 Å². The van der Waals surface area contributed by atoms with Crippen molar-refractivity contribution >= 4 is 15.9 Å². The quantitative estimate of drug-likeness (QED) is 0.870. The van der Waals surface area contributed by atoms with Crippen LogP contribution >= 0.6 is 15.9 Å². The van der Waals surface area contributed by atoms with Crippen molar-refractivity contribution in [2.45, 2.75) is 33.3 Å². The summed E-state index contributed by atoms with van der Waals surface area (Å²) in [5, 5.41) is 10.7. The topological polar surface area (TPSA) is 29.5 Å². The van der Waals surface area contributed by atoms with E-state index in [0.717, 1.165) is 32.5 Å². The highest BCUT2D eigenvalue weighted by Gasteiger charge is 2.16. The van der Waals surface area contributed by atoms with Crippen LogP contribution in [0.4, 0.5) is 0 Å². The molecule has 0 fully saturated rings. The van der Waals surface area contributed by atoms with Gasteiger partial charge in [-0.15, -0.1) is 0 Å². The molecule has 0 amide bonds. The van der Waals surface area contributed by atoms with Crippen LogP contribution < -0.4 is 4.74 Å². The molecule has 112 valence electrons. The normalized spacial score (nSPS) is 12.3. The lowest BCUT2D eigenvalue weighted by molar-refractivity contribution is 0.175. The molecular weight excluding hydrogens is 328 g/mol. The molecule has 0 saturated carbocycles. The number of benzene rings is 2. The summed E-state index contributed by atoms with van der Waals surface area (Å²) in [4.78, 5) is 0. The Bertz CT molecular complexity index is 627. The average Bonchev–Trinajstić information content (AvgIpc) is 2.37. The fourth-order valence-corrected chi connectivity index (χ4v) is 3.34. The van der Waals surface area contributed by atoms with E-state index < -0.39 is 6.10 Å². The van der Waals surface area contributed by atoms with Crippen LogP contribution in [-0.4, -0.2) is 12.2 Å². The fraction of sp³-hybridized carbons (Fsp3) is 0.333. The summed E-state index contributed by atoms with van der Waals surface area (Å²) in [7, 11) is 1.65. The van der Waals surface area contributed by atoms with E-state index in [9.17, 15) is 5.11 Å². The highest BCUT2D eigenvalue weighted by molar-refractivity contribution is 9.10. The van der Waals surface area contributed by atoms with Crippen molar-refractivity contribution in [3.8, 4) is 5.75 Å². The van der Waals surface area contributed by atoms with E-state index in [0.29, 0.717) is 6.42 Å². The summed E-state index contributed by atoms with van der Waals surface area (Å²) in [6.07, 6.45) is 0.00156. The van der Waals surface area contributed by atoms with Crippen molar-refractivity contribution in [2.75, 3.05) is 7.11 Å². The molecule has 1 unspecified atom stereocenters. The number of hydrogen-bond donors (Lipinski definition) is 1. The van der Waals surface area contributed by atoms with Crippen LogP contribution in [0.3, 0.4) is 0 Å². The molecule has 0 heterocycles. The number of methoxy groups -OCH3 is 1. The lowest BCUT2D eigenvalue weighted by Crippen LogP contribution is -2.07. The van der Waals surface area contributed by atoms with Crippen LogP contribution in [-0.2, 0) is 6.42 Å². The molecule has 0 aliphatic rings. The zero-order valence-corrected chi connectivity index (χ0v) is 14.5. The van der Waals surface area contributed by atoms with Gasteiger partial charge in [-0.3, -0.25) is 0 Å². The van der Waals surface area contributed by atoms with Crippen LogP contribution in [0.2, 0.25) is 0 Å². The first-order valence-corrected chi connectivity index (χ1v) is 7.80. The highest BCUT2D eigenvalue weighted by Crippen LogP contribution is 2.31. The Morgan fingerprint density at radius 1 is 1.10 bits per heavy atom. The van der Waals surface area contributed by atoms with Gasteiger partial charge in [0.15, 0.2) is 0 Å². The van der Waals surface area contributed by atoms with Crippen molar-refractivity contribution < 1.29 is 9.84 Å². The van der Waals surface area contributed by atoms with Gasteiger partial charge in [0.25, 0.3) is 0 Å². The molecule has 0 saturated heterocycles. The monoisotopic (exact) mass is 348 g/mol. The van der Waals surface area contributed by atoms with Crippen molar-refractivity contribution in [3.05, 3.63) is 62.6 Å². The Morgan fingerprint density at radius 2 is 1.71 bits per heavy atom. The fourth-order valence-electron chi connectivity index (χ4n) is 2.93. The number of rotatable bonds is 4. The highest BCUT2D eigenvalue weighted by atomic mass is 79.9. The number of hydrogen-bond acceptors (Lipinski definition) is 2. The molecule has 0 aliphatic carbocycles. The molecule has 0 spiro atoms. The molecule has 21 heavy (non-hydrogen) atoms. The zero-order chi connectivity index (χ0) is 15.6. The maximum atomic E-state index is 10.7. The van der Waals surface area contributed by atoms with Crippen molar-refractivity contribution in [1.82, 2.24) is 0 Å².